The predicted molar refractivity (Wildman–Crippen MR) is 86.4 cm³/mol. The van der Waals surface area contributed by atoms with Crippen molar-refractivity contribution in [2.75, 3.05) is 12.3 Å². The van der Waals surface area contributed by atoms with Gasteiger partial charge in [0.1, 0.15) is 5.60 Å². The first-order valence-electron chi connectivity index (χ1n) is 7.66. The van der Waals surface area contributed by atoms with Crippen LogP contribution >= 0.6 is 11.8 Å². The van der Waals surface area contributed by atoms with E-state index in [9.17, 15) is 4.79 Å². The van der Waals surface area contributed by atoms with Crippen molar-refractivity contribution in [3.05, 3.63) is 0 Å². The average molecular weight is 302 g/mol. The summed E-state index contributed by atoms with van der Waals surface area (Å²) in [5, 5.41) is 7.20. The Balaban J connectivity index is 2.26. The molecule has 1 amide bonds. The Morgan fingerprint density at radius 2 is 2.10 bits per heavy atom. The first kappa shape index (κ1) is 17.6. The summed E-state index contributed by atoms with van der Waals surface area (Å²) in [6.07, 6.45) is 3.52. The summed E-state index contributed by atoms with van der Waals surface area (Å²) < 4.78 is 5.24. The highest BCUT2D eigenvalue weighted by Crippen LogP contribution is 2.30. The van der Waals surface area contributed by atoms with E-state index in [1.807, 2.05) is 32.5 Å². The zero-order valence-electron chi connectivity index (χ0n) is 13.5. The van der Waals surface area contributed by atoms with Crippen LogP contribution in [0, 0.1) is 0 Å². The minimum atomic E-state index is -0.435. The van der Waals surface area contributed by atoms with Gasteiger partial charge in [-0.05, 0) is 46.3 Å². The number of thioether (sulfide) groups is 1. The van der Waals surface area contributed by atoms with Gasteiger partial charge in [-0.1, -0.05) is 13.3 Å². The zero-order valence-corrected chi connectivity index (χ0v) is 14.3. The molecule has 1 fully saturated rings. The van der Waals surface area contributed by atoms with Crippen LogP contribution in [0.1, 0.15) is 53.9 Å². The van der Waals surface area contributed by atoms with Crippen molar-refractivity contribution in [2.24, 2.45) is 0 Å². The first-order chi connectivity index (χ1) is 9.31. The second kappa shape index (κ2) is 8.13. The van der Waals surface area contributed by atoms with Crippen LogP contribution in [-0.4, -0.2) is 41.3 Å². The Morgan fingerprint density at radius 3 is 2.70 bits per heavy atom. The van der Waals surface area contributed by atoms with Crippen molar-refractivity contribution in [1.82, 2.24) is 10.6 Å². The lowest BCUT2D eigenvalue weighted by molar-refractivity contribution is 0.0522. The number of amides is 1. The minimum absolute atomic E-state index is 0.269. The third-order valence-corrected chi connectivity index (χ3v) is 4.61. The maximum Gasteiger partial charge on any atom is 0.407 e. The van der Waals surface area contributed by atoms with Gasteiger partial charge in [-0.2, -0.15) is 11.8 Å². The van der Waals surface area contributed by atoms with E-state index in [0.717, 1.165) is 5.25 Å². The van der Waals surface area contributed by atoms with Gasteiger partial charge in [0.2, 0.25) is 0 Å². The van der Waals surface area contributed by atoms with E-state index < -0.39 is 5.60 Å². The highest BCUT2D eigenvalue weighted by atomic mass is 32.2. The van der Waals surface area contributed by atoms with Crippen LogP contribution in [0.3, 0.4) is 0 Å². The lowest BCUT2D eigenvalue weighted by Crippen LogP contribution is -2.46. The molecule has 0 bridgehead atoms. The molecule has 0 saturated heterocycles. The molecular weight excluding hydrogens is 272 g/mol. The van der Waals surface area contributed by atoms with Crippen LogP contribution < -0.4 is 10.6 Å². The summed E-state index contributed by atoms with van der Waals surface area (Å²) in [6, 6.07) is 0.848. The lowest BCUT2D eigenvalue weighted by Gasteiger charge is -2.25. The summed E-state index contributed by atoms with van der Waals surface area (Å²) in [5.41, 5.74) is -0.435. The van der Waals surface area contributed by atoms with Crippen LogP contribution in [0.5, 0.6) is 0 Å². The highest BCUT2D eigenvalue weighted by molar-refractivity contribution is 7.99. The molecule has 0 aromatic heterocycles. The normalized spacial score (nSPS) is 24.4. The maximum atomic E-state index is 11.6. The molecule has 0 aromatic carbocycles. The molecule has 0 heterocycles. The molecule has 2 N–H and O–H groups in total. The molecule has 4 nitrogen and oxygen atoms in total. The minimum Gasteiger partial charge on any atom is -0.444 e. The van der Waals surface area contributed by atoms with Crippen molar-refractivity contribution < 1.29 is 9.53 Å². The third kappa shape index (κ3) is 6.84. The second-order valence-corrected chi connectivity index (χ2v) is 8.00. The molecule has 118 valence electrons. The fraction of sp³-hybridized carbons (Fsp3) is 0.933. The SMILES string of the molecule is CCSC1CCCC1NC(C)CNC(=O)OC(C)(C)C. The average Bonchev–Trinajstić information content (AvgIpc) is 2.72. The Morgan fingerprint density at radius 1 is 1.40 bits per heavy atom. The van der Waals surface area contributed by atoms with Gasteiger partial charge in [-0.15, -0.1) is 0 Å². The van der Waals surface area contributed by atoms with E-state index in [4.69, 9.17) is 4.74 Å². The molecule has 1 aliphatic carbocycles. The number of hydrogen-bond donors (Lipinski definition) is 2. The van der Waals surface area contributed by atoms with Crippen LogP contribution in [0.2, 0.25) is 0 Å². The van der Waals surface area contributed by atoms with Gasteiger partial charge in [0.15, 0.2) is 0 Å². The Labute approximate surface area is 127 Å². The summed E-state index contributed by atoms with van der Waals surface area (Å²) in [4.78, 5) is 11.6. The quantitative estimate of drug-likeness (QED) is 0.791. The molecule has 3 atom stereocenters. The summed E-state index contributed by atoms with van der Waals surface area (Å²) >= 11 is 2.05. The highest BCUT2D eigenvalue weighted by Gasteiger charge is 2.28. The van der Waals surface area contributed by atoms with Crippen molar-refractivity contribution in [3.63, 3.8) is 0 Å². The number of carbonyl (C=O) groups excluding carboxylic acids is 1. The number of carbonyl (C=O) groups is 1. The molecule has 1 saturated carbocycles. The van der Waals surface area contributed by atoms with Gasteiger partial charge in [-0.25, -0.2) is 4.79 Å². The molecule has 0 aromatic rings. The Bertz CT molecular complexity index is 305. The predicted octanol–water partition coefficient (Wildman–Crippen LogP) is 3.16. The van der Waals surface area contributed by atoms with Crippen LogP contribution in [0.25, 0.3) is 0 Å². The summed E-state index contributed by atoms with van der Waals surface area (Å²) in [6.45, 7) is 10.6. The lowest BCUT2D eigenvalue weighted by atomic mass is 10.2. The first-order valence-corrected chi connectivity index (χ1v) is 8.71. The van der Waals surface area contributed by atoms with Crippen molar-refractivity contribution in [3.8, 4) is 0 Å². The summed E-state index contributed by atoms with van der Waals surface area (Å²) in [5.74, 6) is 1.17. The van der Waals surface area contributed by atoms with E-state index >= 15 is 0 Å². The van der Waals surface area contributed by atoms with Gasteiger partial charge < -0.3 is 15.4 Å². The van der Waals surface area contributed by atoms with E-state index in [-0.39, 0.29) is 12.1 Å². The van der Waals surface area contributed by atoms with Crippen LogP contribution in [0.15, 0.2) is 0 Å². The van der Waals surface area contributed by atoms with Crippen molar-refractivity contribution in [1.29, 1.82) is 0 Å². The molecule has 0 spiro atoms. The van der Waals surface area contributed by atoms with E-state index in [1.54, 1.807) is 0 Å². The van der Waals surface area contributed by atoms with Gasteiger partial charge in [-0.3, -0.25) is 0 Å². The smallest absolute Gasteiger partial charge is 0.407 e. The molecule has 1 rings (SSSR count). The molecular formula is C15H30N2O2S. The molecule has 0 aliphatic heterocycles. The van der Waals surface area contributed by atoms with E-state index in [0.29, 0.717) is 12.6 Å². The number of hydrogen-bond acceptors (Lipinski definition) is 4. The van der Waals surface area contributed by atoms with Gasteiger partial charge in [0.05, 0.1) is 0 Å². The van der Waals surface area contributed by atoms with E-state index in [1.165, 1.54) is 25.0 Å². The topological polar surface area (TPSA) is 50.4 Å². The van der Waals surface area contributed by atoms with Gasteiger partial charge >= 0.3 is 6.09 Å². The standard InChI is InChI=1S/C15H30N2O2S/c1-6-20-13-9-7-8-12(13)17-11(2)10-16-14(18)19-15(3,4)5/h11-13,17H,6-10H2,1-5H3,(H,16,18). The molecule has 5 heteroatoms. The van der Waals surface area contributed by atoms with Crippen LogP contribution in [-0.2, 0) is 4.74 Å². The molecule has 20 heavy (non-hydrogen) atoms. The van der Waals surface area contributed by atoms with Crippen molar-refractivity contribution in [2.45, 2.75) is 76.8 Å². The molecule has 0 radical (unpaired) electrons. The Hall–Kier alpha value is -0.420. The number of nitrogens with one attached hydrogen (secondary N) is 2. The second-order valence-electron chi connectivity index (χ2n) is 6.48. The fourth-order valence-corrected chi connectivity index (χ4v) is 3.71. The number of ether oxygens (including phenoxy) is 1. The monoisotopic (exact) mass is 302 g/mol. The number of alkyl carbamates (subject to hydrolysis) is 1. The molecule has 3 unspecified atom stereocenters. The Kier molecular flexibility index (Phi) is 7.17. The van der Waals surface area contributed by atoms with E-state index in [2.05, 4.69) is 24.5 Å². The largest absolute Gasteiger partial charge is 0.444 e. The summed E-state index contributed by atoms with van der Waals surface area (Å²) in [7, 11) is 0. The van der Waals surface area contributed by atoms with Gasteiger partial charge in [0.25, 0.3) is 0 Å². The number of rotatable bonds is 6. The van der Waals surface area contributed by atoms with Crippen molar-refractivity contribution >= 4 is 17.9 Å². The maximum absolute atomic E-state index is 11.6. The zero-order chi connectivity index (χ0) is 15.2. The molecule has 1 aliphatic rings. The van der Waals surface area contributed by atoms with Crippen LogP contribution in [0.4, 0.5) is 4.79 Å². The fourth-order valence-electron chi connectivity index (χ4n) is 2.51. The van der Waals surface area contributed by atoms with Gasteiger partial charge in [0, 0.05) is 23.9 Å². The third-order valence-electron chi connectivity index (χ3n) is 3.28.